The molecule has 0 saturated carbocycles. The van der Waals surface area contributed by atoms with Crippen molar-refractivity contribution in [3.63, 3.8) is 0 Å². The molecule has 0 radical (unpaired) electrons. The highest BCUT2D eigenvalue weighted by Crippen LogP contribution is 2.39. The Balaban J connectivity index is 0.00000261. The maximum Gasteiger partial charge on any atom is 0.231 e. The summed E-state index contributed by atoms with van der Waals surface area (Å²) in [6.07, 6.45) is 1.11. The molecular weight excluding hydrogens is 529 g/mol. The van der Waals surface area contributed by atoms with E-state index in [0.717, 1.165) is 53.6 Å². The summed E-state index contributed by atoms with van der Waals surface area (Å²) in [5.74, 6) is 3.00. The Labute approximate surface area is 185 Å². The van der Waals surface area contributed by atoms with Gasteiger partial charge >= 0.3 is 0 Å². The topological polar surface area (TPSA) is 64.6 Å². The van der Waals surface area contributed by atoms with E-state index in [2.05, 4.69) is 31.1 Å². The van der Waals surface area contributed by atoms with Crippen LogP contribution in [0.2, 0.25) is 0 Å². The van der Waals surface area contributed by atoms with Gasteiger partial charge in [-0.25, -0.2) is 0 Å². The zero-order valence-corrected chi connectivity index (χ0v) is 19.6. The van der Waals surface area contributed by atoms with Crippen molar-refractivity contribution in [3.05, 3.63) is 22.2 Å². The standard InChI is InChI=1S/C18H26BrN3O4.HI/c1-20-18(22-4-3-13(10-22)11-24-6-5-23-2)21-9-14-7-15(19)17-16(8-14)25-12-26-17;/h7-8,13H,3-6,9-12H2,1-2H3,(H,20,21);1H. The van der Waals surface area contributed by atoms with Crippen LogP contribution in [-0.2, 0) is 16.0 Å². The first-order chi connectivity index (χ1) is 12.7. The van der Waals surface area contributed by atoms with Gasteiger partial charge < -0.3 is 29.2 Å². The van der Waals surface area contributed by atoms with Crippen molar-refractivity contribution in [1.29, 1.82) is 0 Å². The number of rotatable bonds is 7. The van der Waals surface area contributed by atoms with Crippen LogP contribution in [0.4, 0.5) is 0 Å². The van der Waals surface area contributed by atoms with E-state index < -0.39 is 0 Å². The average molecular weight is 556 g/mol. The second-order valence-corrected chi connectivity index (χ2v) is 7.23. The molecule has 152 valence electrons. The Bertz CT molecular complexity index is 647. The van der Waals surface area contributed by atoms with Crippen LogP contribution < -0.4 is 14.8 Å². The number of nitrogens with one attached hydrogen (secondary N) is 1. The number of ether oxygens (including phenoxy) is 4. The number of halogens is 2. The average Bonchev–Trinajstić information content (AvgIpc) is 3.29. The van der Waals surface area contributed by atoms with Crippen molar-refractivity contribution < 1.29 is 18.9 Å². The molecule has 0 amide bonds. The summed E-state index contributed by atoms with van der Waals surface area (Å²) in [4.78, 5) is 6.71. The lowest BCUT2D eigenvalue weighted by Crippen LogP contribution is -2.39. The van der Waals surface area contributed by atoms with Crippen LogP contribution >= 0.6 is 39.9 Å². The molecule has 2 heterocycles. The van der Waals surface area contributed by atoms with E-state index in [1.807, 2.05) is 19.2 Å². The smallest absolute Gasteiger partial charge is 0.231 e. The quantitative estimate of drug-likeness (QED) is 0.242. The molecule has 2 aliphatic rings. The third kappa shape index (κ3) is 6.10. The molecule has 27 heavy (non-hydrogen) atoms. The number of guanidine groups is 1. The Morgan fingerprint density at radius 3 is 3.00 bits per heavy atom. The summed E-state index contributed by atoms with van der Waals surface area (Å²) >= 11 is 3.54. The van der Waals surface area contributed by atoms with Crippen LogP contribution in [0.1, 0.15) is 12.0 Å². The first kappa shape index (κ1) is 22.5. The van der Waals surface area contributed by atoms with Crippen molar-refractivity contribution in [2.45, 2.75) is 13.0 Å². The fraction of sp³-hybridized carbons (Fsp3) is 0.611. The molecule has 2 aliphatic heterocycles. The molecule has 0 spiro atoms. The molecule has 1 saturated heterocycles. The van der Waals surface area contributed by atoms with E-state index in [1.165, 1.54) is 0 Å². The van der Waals surface area contributed by atoms with Crippen LogP contribution in [0, 0.1) is 5.92 Å². The monoisotopic (exact) mass is 555 g/mol. The minimum atomic E-state index is 0. The summed E-state index contributed by atoms with van der Waals surface area (Å²) in [7, 11) is 3.51. The van der Waals surface area contributed by atoms with Crippen LogP contribution in [0.5, 0.6) is 11.5 Å². The van der Waals surface area contributed by atoms with Gasteiger partial charge in [-0.1, -0.05) is 0 Å². The highest BCUT2D eigenvalue weighted by molar-refractivity contribution is 14.0. The van der Waals surface area contributed by atoms with Crippen LogP contribution in [0.15, 0.2) is 21.6 Å². The normalized spacial score (nSPS) is 18.6. The molecule has 9 heteroatoms. The molecule has 1 N–H and O–H groups in total. The fourth-order valence-corrected chi connectivity index (χ4v) is 3.79. The van der Waals surface area contributed by atoms with E-state index in [4.69, 9.17) is 18.9 Å². The molecule has 0 bridgehead atoms. The molecule has 0 aliphatic carbocycles. The van der Waals surface area contributed by atoms with Crippen LogP contribution in [-0.4, -0.2) is 64.7 Å². The van der Waals surface area contributed by atoms with Gasteiger partial charge in [0.2, 0.25) is 6.79 Å². The molecule has 1 unspecified atom stereocenters. The van der Waals surface area contributed by atoms with Crippen LogP contribution in [0.3, 0.4) is 0 Å². The van der Waals surface area contributed by atoms with Gasteiger partial charge in [0.25, 0.3) is 0 Å². The third-order valence-corrected chi connectivity index (χ3v) is 5.11. The second kappa shape index (κ2) is 11.3. The first-order valence-electron chi connectivity index (χ1n) is 8.81. The van der Waals surface area contributed by atoms with Gasteiger partial charge in [0.05, 0.1) is 24.3 Å². The lowest BCUT2D eigenvalue weighted by atomic mass is 10.1. The molecule has 7 nitrogen and oxygen atoms in total. The molecule has 1 aromatic carbocycles. The highest BCUT2D eigenvalue weighted by atomic mass is 127. The zero-order chi connectivity index (χ0) is 18.4. The Morgan fingerprint density at radius 2 is 2.22 bits per heavy atom. The predicted octanol–water partition coefficient (Wildman–Crippen LogP) is 2.86. The highest BCUT2D eigenvalue weighted by Gasteiger charge is 2.25. The maximum absolute atomic E-state index is 5.66. The van der Waals surface area contributed by atoms with Crippen molar-refractivity contribution in [1.82, 2.24) is 10.2 Å². The van der Waals surface area contributed by atoms with Crippen LogP contribution in [0.25, 0.3) is 0 Å². The van der Waals surface area contributed by atoms with Crippen molar-refractivity contribution >= 4 is 45.9 Å². The summed E-state index contributed by atoms with van der Waals surface area (Å²) in [6, 6.07) is 4.05. The van der Waals surface area contributed by atoms with Crippen molar-refractivity contribution in [2.24, 2.45) is 10.9 Å². The van der Waals surface area contributed by atoms with Gasteiger partial charge in [0.1, 0.15) is 0 Å². The van der Waals surface area contributed by atoms with Gasteiger partial charge in [-0.15, -0.1) is 24.0 Å². The van der Waals surface area contributed by atoms with Gasteiger partial charge in [-0.3, -0.25) is 4.99 Å². The van der Waals surface area contributed by atoms with E-state index in [9.17, 15) is 0 Å². The number of fused-ring (bicyclic) bond motifs is 1. The summed E-state index contributed by atoms with van der Waals surface area (Å²) in [6.45, 7) is 4.96. The lowest BCUT2D eigenvalue weighted by molar-refractivity contribution is 0.0536. The van der Waals surface area contributed by atoms with E-state index in [-0.39, 0.29) is 30.8 Å². The molecular formula is C18H27BrIN3O4. The number of aliphatic imine (C=N–C) groups is 1. The SMILES string of the molecule is CN=C(NCc1cc(Br)c2c(c1)OCO2)N1CCC(COCCOC)C1.I. The molecule has 3 rings (SSSR count). The van der Waals surface area contributed by atoms with Crippen molar-refractivity contribution in [3.8, 4) is 11.5 Å². The minimum Gasteiger partial charge on any atom is -0.454 e. The zero-order valence-electron chi connectivity index (χ0n) is 15.7. The Kier molecular flexibility index (Phi) is 9.40. The molecule has 1 aromatic rings. The van der Waals surface area contributed by atoms with E-state index in [1.54, 1.807) is 7.11 Å². The maximum atomic E-state index is 5.66. The van der Waals surface area contributed by atoms with E-state index in [0.29, 0.717) is 25.7 Å². The largest absolute Gasteiger partial charge is 0.454 e. The van der Waals surface area contributed by atoms with Gasteiger partial charge in [0.15, 0.2) is 17.5 Å². The van der Waals surface area contributed by atoms with E-state index >= 15 is 0 Å². The molecule has 1 atom stereocenters. The number of benzene rings is 1. The van der Waals surface area contributed by atoms with Gasteiger partial charge in [0, 0.05) is 39.7 Å². The summed E-state index contributed by atoms with van der Waals surface area (Å²) in [5, 5.41) is 3.44. The predicted molar refractivity (Wildman–Crippen MR) is 118 cm³/mol. The Hall–Kier alpha value is -0.780. The number of hydrogen-bond donors (Lipinski definition) is 1. The first-order valence-corrected chi connectivity index (χ1v) is 9.61. The summed E-state index contributed by atoms with van der Waals surface area (Å²) < 4.78 is 22.5. The molecule has 0 aromatic heterocycles. The number of methoxy groups -OCH3 is 1. The van der Waals surface area contributed by atoms with Gasteiger partial charge in [-0.2, -0.15) is 0 Å². The fourth-order valence-electron chi connectivity index (χ4n) is 3.19. The summed E-state index contributed by atoms with van der Waals surface area (Å²) in [5.41, 5.74) is 1.11. The minimum absolute atomic E-state index is 0. The second-order valence-electron chi connectivity index (χ2n) is 6.38. The number of nitrogens with zero attached hydrogens (tertiary/aromatic N) is 2. The lowest BCUT2D eigenvalue weighted by Gasteiger charge is -2.22. The number of likely N-dealkylation sites (tertiary alicyclic amines) is 1. The van der Waals surface area contributed by atoms with Crippen molar-refractivity contribution in [2.75, 3.05) is 53.9 Å². The third-order valence-electron chi connectivity index (χ3n) is 4.52. The number of hydrogen-bond acceptors (Lipinski definition) is 5. The molecule has 1 fully saturated rings. The van der Waals surface area contributed by atoms with Gasteiger partial charge in [-0.05, 0) is 40.0 Å². The Morgan fingerprint density at radius 1 is 1.37 bits per heavy atom.